The van der Waals surface area contributed by atoms with Crippen molar-refractivity contribution in [2.75, 3.05) is 0 Å². The van der Waals surface area contributed by atoms with Crippen LogP contribution in [-0.4, -0.2) is 12.1 Å². The second-order valence-corrected chi connectivity index (χ2v) is 3.53. The molecule has 0 aromatic heterocycles. The van der Waals surface area contributed by atoms with E-state index >= 15 is 0 Å². The van der Waals surface area contributed by atoms with Crippen molar-refractivity contribution >= 4 is 5.97 Å². The van der Waals surface area contributed by atoms with Gasteiger partial charge >= 0.3 is 5.97 Å². The van der Waals surface area contributed by atoms with E-state index in [9.17, 15) is 4.79 Å². The number of hydrogen-bond donors (Lipinski definition) is 0. The zero-order valence-corrected chi connectivity index (χ0v) is 6.78. The maximum atomic E-state index is 11.1. The molecule has 0 saturated carbocycles. The molecular formula is C9H12O2. The smallest absolute Gasteiger partial charge is 0.313 e. The number of hydrogen-bond acceptors (Lipinski definition) is 2. The minimum Gasteiger partial charge on any atom is -0.457 e. The number of fused-ring (bicyclic) bond motifs is 2. The Morgan fingerprint density at radius 3 is 2.45 bits per heavy atom. The Morgan fingerprint density at radius 2 is 2.00 bits per heavy atom. The van der Waals surface area contributed by atoms with Gasteiger partial charge in [-0.3, -0.25) is 4.79 Å². The molecule has 2 aliphatic heterocycles. The number of ether oxygens (including phenoxy) is 1. The Bertz CT molecular complexity index is 220. The Labute approximate surface area is 66.2 Å². The fourth-order valence-electron chi connectivity index (χ4n) is 1.86. The van der Waals surface area contributed by atoms with E-state index in [1.54, 1.807) is 0 Å². The van der Waals surface area contributed by atoms with Crippen LogP contribution in [0, 0.1) is 17.8 Å². The van der Waals surface area contributed by atoms with E-state index in [1.807, 2.05) is 12.2 Å². The third kappa shape index (κ3) is 0.817. The fraction of sp³-hybridized carbons (Fsp3) is 0.667. The number of esters is 1. The number of rotatable bonds is 0. The average Bonchev–Trinajstić information content (AvgIpc) is 1.99. The van der Waals surface area contributed by atoms with E-state index in [0.717, 1.165) is 0 Å². The lowest BCUT2D eigenvalue weighted by Crippen LogP contribution is -2.44. The van der Waals surface area contributed by atoms with Crippen molar-refractivity contribution in [2.24, 2.45) is 17.8 Å². The largest absolute Gasteiger partial charge is 0.457 e. The molecule has 0 N–H and O–H groups in total. The molecule has 1 aliphatic carbocycles. The van der Waals surface area contributed by atoms with Gasteiger partial charge in [-0.2, -0.15) is 0 Å². The minimum absolute atomic E-state index is 0.0231. The highest BCUT2D eigenvalue weighted by Gasteiger charge is 2.42. The quantitative estimate of drug-likeness (QED) is 0.387. The Hall–Kier alpha value is -0.790. The number of carbonyl (C=O) groups excluding carboxylic acids is 1. The summed E-state index contributed by atoms with van der Waals surface area (Å²) in [6.07, 6.45) is 4.04. The van der Waals surface area contributed by atoms with Crippen LogP contribution in [0.25, 0.3) is 0 Å². The lowest BCUT2D eigenvalue weighted by Gasteiger charge is -2.40. The second kappa shape index (κ2) is 2.10. The third-order valence-corrected chi connectivity index (χ3v) is 2.95. The van der Waals surface area contributed by atoms with E-state index < -0.39 is 0 Å². The van der Waals surface area contributed by atoms with Crippen LogP contribution in [0.3, 0.4) is 0 Å². The summed E-state index contributed by atoms with van der Waals surface area (Å²) in [4.78, 5) is 11.1. The van der Waals surface area contributed by atoms with Crippen molar-refractivity contribution in [3.8, 4) is 0 Å². The Kier molecular flexibility index (Phi) is 1.31. The van der Waals surface area contributed by atoms with Crippen LogP contribution in [0.5, 0.6) is 0 Å². The highest BCUT2D eigenvalue weighted by molar-refractivity contribution is 5.77. The molecule has 0 aromatic carbocycles. The van der Waals surface area contributed by atoms with Crippen molar-refractivity contribution in [2.45, 2.75) is 20.0 Å². The van der Waals surface area contributed by atoms with E-state index in [0.29, 0.717) is 11.8 Å². The van der Waals surface area contributed by atoms with Gasteiger partial charge in [0.15, 0.2) is 0 Å². The maximum Gasteiger partial charge on any atom is 0.313 e. The fourth-order valence-corrected chi connectivity index (χ4v) is 1.86. The average molecular weight is 152 g/mol. The van der Waals surface area contributed by atoms with E-state index in [1.165, 1.54) is 0 Å². The molecule has 2 bridgehead atoms. The molecule has 3 rings (SSSR count). The molecule has 0 radical (unpaired) electrons. The van der Waals surface area contributed by atoms with Crippen molar-refractivity contribution in [1.82, 2.24) is 0 Å². The second-order valence-electron chi connectivity index (χ2n) is 3.53. The zero-order chi connectivity index (χ0) is 8.01. The van der Waals surface area contributed by atoms with Crippen LogP contribution in [0.15, 0.2) is 12.2 Å². The van der Waals surface area contributed by atoms with Crippen molar-refractivity contribution in [3.63, 3.8) is 0 Å². The maximum absolute atomic E-state index is 11.1. The minimum atomic E-state index is -0.0388. The van der Waals surface area contributed by atoms with Crippen LogP contribution in [0.2, 0.25) is 0 Å². The van der Waals surface area contributed by atoms with Gasteiger partial charge in [-0.1, -0.05) is 19.9 Å². The van der Waals surface area contributed by atoms with E-state index in [-0.39, 0.29) is 18.0 Å². The molecule has 1 saturated heterocycles. The molecule has 0 aromatic rings. The van der Waals surface area contributed by atoms with Gasteiger partial charge < -0.3 is 4.74 Å². The van der Waals surface area contributed by atoms with Gasteiger partial charge in [0.1, 0.15) is 6.10 Å². The van der Waals surface area contributed by atoms with Crippen molar-refractivity contribution in [3.05, 3.63) is 12.2 Å². The molecule has 60 valence electrons. The summed E-state index contributed by atoms with van der Waals surface area (Å²) in [5.74, 6) is 0.923. The normalized spacial score (nSPS) is 47.6. The molecule has 0 spiro atoms. The summed E-state index contributed by atoms with van der Waals surface area (Å²) in [7, 11) is 0. The standard InChI is InChI=1S/C9H12O2/c1-5-6(2)8-4-3-7(5)9(10)11-8/h3-8H,1-2H3/t5-,6+,7-,8+/m0/s1. The molecule has 2 heterocycles. The van der Waals surface area contributed by atoms with Gasteiger partial charge in [0.05, 0.1) is 5.92 Å². The predicted molar refractivity (Wildman–Crippen MR) is 40.8 cm³/mol. The molecule has 11 heavy (non-hydrogen) atoms. The van der Waals surface area contributed by atoms with Crippen LogP contribution in [0.4, 0.5) is 0 Å². The van der Waals surface area contributed by atoms with Gasteiger partial charge in [0.25, 0.3) is 0 Å². The van der Waals surface area contributed by atoms with Crippen molar-refractivity contribution in [1.29, 1.82) is 0 Å². The van der Waals surface area contributed by atoms with E-state index in [4.69, 9.17) is 4.74 Å². The molecule has 1 fully saturated rings. The lowest BCUT2D eigenvalue weighted by molar-refractivity contribution is -0.165. The molecular weight excluding hydrogens is 140 g/mol. The molecule has 4 atom stereocenters. The highest BCUT2D eigenvalue weighted by Crippen LogP contribution is 2.37. The summed E-state index contributed by atoms with van der Waals surface area (Å²) < 4.78 is 5.14. The summed E-state index contributed by atoms with van der Waals surface area (Å²) >= 11 is 0. The SMILES string of the molecule is C[C@@H]1[C@H](C)[C@@H]2C=C[C@H]1OC2=O. The number of carbonyl (C=O) groups is 1. The zero-order valence-electron chi connectivity index (χ0n) is 6.78. The van der Waals surface area contributed by atoms with Crippen LogP contribution < -0.4 is 0 Å². The molecule has 0 amide bonds. The van der Waals surface area contributed by atoms with Gasteiger partial charge in [-0.15, -0.1) is 0 Å². The van der Waals surface area contributed by atoms with Gasteiger partial charge in [0.2, 0.25) is 0 Å². The topological polar surface area (TPSA) is 26.3 Å². The van der Waals surface area contributed by atoms with Gasteiger partial charge in [-0.25, -0.2) is 0 Å². The third-order valence-electron chi connectivity index (χ3n) is 2.95. The van der Waals surface area contributed by atoms with Crippen LogP contribution >= 0.6 is 0 Å². The highest BCUT2D eigenvalue weighted by atomic mass is 16.5. The summed E-state index contributed by atoms with van der Waals surface area (Å²) in [5.41, 5.74) is 0. The Balaban J connectivity index is 2.34. The van der Waals surface area contributed by atoms with Crippen LogP contribution in [0.1, 0.15) is 13.8 Å². The van der Waals surface area contributed by atoms with Gasteiger partial charge in [0, 0.05) is 5.92 Å². The first-order valence-electron chi connectivity index (χ1n) is 4.09. The molecule has 2 heteroatoms. The first-order chi connectivity index (χ1) is 5.20. The first kappa shape index (κ1) is 6.89. The summed E-state index contributed by atoms with van der Waals surface area (Å²) in [6, 6.07) is 0. The predicted octanol–water partition coefficient (Wildman–Crippen LogP) is 1.37. The van der Waals surface area contributed by atoms with E-state index in [2.05, 4.69) is 13.8 Å². The summed E-state index contributed by atoms with van der Waals surface area (Å²) in [6.45, 7) is 4.25. The molecule has 0 unspecified atom stereocenters. The molecule has 3 aliphatic rings. The summed E-state index contributed by atoms with van der Waals surface area (Å²) in [5, 5.41) is 0. The molecule has 2 nitrogen and oxygen atoms in total. The van der Waals surface area contributed by atoms with Gasteiger partial charge in [-0.05, 0) is 12.0 Å². The monoisotopic (exact) mass is 152 g/mol. The Morgan fingerprint density at radius 1 is 1.27 bits per heavy atom. The lowest BCUT2D eigenvalue weighted by atomic mass is 9.74. The first-order valence-corrected chi connectivity index (χ1v) is 4.09. The van der Waals surface area contributed by atoms with Crippen molar-refractivity contribution < 1.29 is 9.53 Å². The van der Waals surface area contributed by atoms with Crippen LogP contribution in [-0.2, 0) is 9.53 Å².